The molecule has 0 spiro atoms. The molecule has 2 unspecified atom stereocenters. The van der Waals surface area contributed by atoms with Gasteiger partial charge in [0.15, 0.2) is 0 Å². The van der Waals surface area contributed by atoms with E-state index in [2.05, 4.69) is 19.2 Å². The first-order valence-corrected chi connectivity index (χ1v) is 7.71. The molecule has 6 nitrogen and oxygen atoms in total. The van der Waals surface area contributed by atoms with Crippen LogP contribution in [0.2, 0.25) is 0 Å². The summed E-state index contributed by atoms with van der Waals surface area (Å²) in [6, 6.07) is -0.0631. The van der Waals surface area contributed by atoms with Crippen LogP contribution in [-0.2, 0) is 14.3 Å². The lowest BCUT2D eigenvalue weighted by atomic mass is 10.0. The zero-order chi connectivity index (χ0) is 15.8. The fourth-order valence-corrected chi connectivity index (χ4v) is 2.45. The molecule has 1 aliphatic heterocycles. The Morgan fingerprint density at radius 3 is 2.67 bits per heavy atom. The van der Waals surface area contributed by atoms with Gasteiger partial charge in [-0.25, -0.2) is 0 Å². The maximum Gasteiger partial charge on any atom is 0.305 e. The van der Waals surface area contributed by atoms with Crippen molar-refractivity contribution in [2.75, 3.05) is 26.3 Å². The summed E-state index contributed by atoms with van der Waals surface area (Å²) < 4.78 is 5.30. The van der Waals surface area contributed by atoms with Crippen molar-refractivity contribution in [2.24, 2.45) is 5.92 Å². The summed E-state index contributed by atoms with van der Waals surface area (Å²) in [7, 11) is 0. The SMILES string of the molecule is CC(C)CCC(C)NC(=O)CN1CCOCC1CC(=O)O. The second kappa shape index (κ2) is 9.00. The molecule has 1 fully saturated rings. The Kier molecular flexibility index (Phi) is 7.67. The highest BCUT2D eigenvalue weighted by molar-refractivity contribution is 5.78. The fourth-order valence-electron chi connectivity index (χ4n) is 2.45. The molecule has 0 aromatic heterocycles. The van der Waals surface area contributed by atoms with Crippen molar-refractivity contribution >= 4 is 11.9 Å². The fraction of sp³-hybridized carbons (Fsp3) is 0.867. The van der Waals surface area contributed by atoms with Gasteiger partial charge < -0.3 is 15.2 Å². The second-order valence-electron chi connectivity index (χ2n) is 6.24. The molecule has 0 radical (unpaired) electrons. The van der Waals surface area contributed by atoms with E-state index in [0.29, 0.717) is 25.7 Å². The molecular weight excluding hydrogens is 272 g/mol. The molecular formula is C15H28N2O4. The summed E-state index contributed by atoms with van der Waals surface area (Å²) in [4.78, 5) is 24.8. The van der Waals surface area contributed by atoms with Gasteiger partial charge in [-0.05, 0) is 25.7 Å². The van der Waals surface area contributed by atoms with Gasteiger partial charge in [0, 0.05) is 18.6 Å². The Morgan fingerprint density at radius 2 is 2.05 bits per heavy atom. The number of carbonyl (C=O) groups is 2. The highest BCUT2D eigenvalue weighted by Gasteiger charge is 2.27. The largest absolute Gasteiger partial charge is 0.481 e. The lowest BCUT2D eigenvalue weighted by molar-refractivity contribution is -0.141. The van der Waals surface area contributed by atoms with E-state index in [1.807, 2.05) is 11.8 Å². The van der Waals surface area contributed by atoms with Crippen LogP contribution in [0.4, 0.5) is 0 Å². The molecule has 0 saturated carbocycles. The molecule has 1 amide bonds. The van der Waals surface area contributed by atoms with Gasteiger partial charge >= 0.3 is 5.97 Å². The molecule has 122 valence electrons. The summed E-state index contributed by atoms with van der Waals surface area (Å²) >= 11 is 0. The highest BCUT2D eigenvalue weighted by Crippen LogP contribution is 2.11. The van der Waals surface area contributed by atoms with E-state index in [-0.39, 0.29) is 31.0 Å². The number of nitrogens with zero attached hydrogens (tertiary/aromatic N) is 1. The maximum atomic E-state index is 12.1. The smallest absolute Gasteiger partial charge is 0.305 e. The van der Waals surface area contributed by atoms with Gasteiger partial charge in [0.1, 0.15) is 0 Å². The van der Waals surface area contributed by atoms with Crippen LogP contribution >= 0.6 is 0 Å². The van der Waals surface area contributed by atoms with Crippen molar-refractivity contribution in [3.63, 3.8) is 0 Å². The topological polar surface area (TPSA) is 78.9 Å². The molecule has 6 heteroatoms. The Hall–Kier alpha value is -1.14. The molecule has 0 aliphatic carbocycles. The lowest BCUT2D eigenvalue weighted by Gasteiger charge is -2.34. The zero-order valence-electron chi connectivity index (χ0n) is 13.3. The van der Waals surface area contributed by atoms with Crippen molar-refractivity contribution in [1.82, 2.24) is 10.2 Å². The van der Waals surface area contributed by atoms with Crippen molar-refractivity contribution in [3.8, 4) is 0 Å². The van der Waals surface area contributed by atoms with Gasteiger partial charge in [0.25, 0.3) is 0 Å². The number of carbonyl (C=O) groups excluding carboxylic acids is 1. The van der Waals surface area contributed by atoms with Gasteiger partial charge in [-0.15, -0.1) is 0 Å². The third kappa shape index (κ3) is 7.43. The van der Waals surface area contributed by atoms with Crippen molar-refractivity contribution in [1.29, 1.82) is 0 Å². The molecule has 1 heterocycles. The van der Waals surface area contributed by atoms with E-state index in [1.54, 1.807) is 0 Å². The number of nitrogens with one attached hydrogen (secondary N) is 1. The number of hydrogen-bond donors (Lipinski definition) is 2. The average molecular weight is 300 g/mol. The zero-order valence-corrected chi connectivity index (χ0v) is 13.3. The van der Waals surface area contributed by atoms with Crippen LogP contribution in [0.15, 0.2) is 0 Å². The lowest BCUT2D eigenvalue weighted by Crippen LogP contribution is -2.51. The Balaban J connectivity index is 2.38. The number of ether oxygens (including phenoxy) is 1. The predicted molar refractivity (Wildman–Crippen MR) is 80.1 cm³/mol. The third-order valence-electron chi connectivity index (χ3n) is 3.69. The Labute approximate surface area is 126 Å². The summed E-state index contributed by atoms with van der Waals surface area (Å²) in [5.74, 6) is -0.270. The summed E-state index contributed by atoms with van der Waals surface area (Å²) in [5.41, 5.74) is 0. The number of carboxylic acid groups (broad SMARTS) is 1. The summed E-state index contributed by atoms with van der Waals surface area (Å²) in [6.45, 7) is 8.11. The van der Waals surface area contributed by atoms with Crippen molar-refractivity contribution in [3.05, 3.63) is 0 Å². The number of aliphatic carboxylic acids is 1. The van der Waals surface area contributed by atoms with Gasteiger partial charge in [-0.3, -0.25) is 14.5 Å². The third-order valence-corrected chi connectivity index (χ3v) is 3.69. The predicted octanol–water partition coefficient (Wildman–Crippen LogP) is 1.10. The molecule has 1 aliphatic rings. The van der Waals surface area contributed by atoms with Crippen molar-refractivity contribution < 1.29 is 19.4 Å². The van der Waals surface area contributed by atoms with Gasteiger partial charge in [0.2, 0.25) is 5.91 Å². The van der Waals surface area contributed by atoms with Crippen LogP contribution in [0.25, 0.3) is 0 Å². The van der Waals surface area contributed by atoms with Crippen LogP contribution in [-0.4, -0.2) is 60.3 Å². The van der Waals surface area contributed by atoms with Crippen LogP contribution in [0.5, 0.6) is 0 Å². The van der Waals surface area contributed by atoms with E-state index in [1.165, 1.54) is 0 Å². The second-order valence-corrected chi connectivity index (χ2v) is 6.24. The molecule has 0 bridgehead atoms. The molecule has 21 heavy (non-hydrogen) atoms. The molecule has 0 aromatic rings. The first-order valence-electron chi connectivity index (χ1n) is 7.71. The van der Waals surface area contributed by atoms with E-state index in [0.717, 1.165) is 12.8 Å². The normalized spacial score (nSPS) is 21.2. The summed E-state index contributed by atoms with van der Waals surface area (Å²) in [6.07, 6.45) is 2.06. The van der Waals surface area contributed by atoms with E-state index >= 15 is 0 Å². The van der Waals surface area contributed by atoms with Gasteiger partial charge in [-0.2, -0.15) is 0 Å². The maximum absolute atomic E-state index is 12.1. The van der Waals surface area contributed by atoms with E-state index < -0.39 is 5.97 Å². The molecule has 1 rings (SSSR count). The van der Waals surface area contributed by atoms with Crippen LogP contribution in [0, 0.1) is 5.92 Å². The first kappa shape index (κ1) is 17.9. The number of morpholine rings is 1. The minimum atomic E-state index is -0.860. The number of carboxylic acids is 1. The number of amides is 1. The Bertz CT molecular complexity index is 347. The summed E-state index contributed by atoms with van der Waals surface area (Å²) in [5, 5.41) is 11.9. The standard InChI is InChI=1S/C15H28N2O4/c1-11(2)4-5-12(3)16-14(18)9-17-6-7-21-10-13(17)8-15(19)20/h11-13H,4-10H2,1-3H3,(H,16,18)(H,19,20). The minimum absolute atomic E-state index is 0.0101. The van der Waals surface area contributed by atoms with Crippen LogP contribution < -0.4 is 5.32 Å². The minimum Gasteiger partial charge on any atom is -0.481 e. The van der Waals surface area contributed by atoms with Crippen LogP contribution in [0.3, 0.4) is 0 Å². The molecule has 0 aromatic carbocycles. The molecule has 1 saturated heterocycles. The average Bonchev–Trinajstić information content (AvgIpc) is 2.38. The van der Waals surface area contributed by atoms with E-state index in [9.17, 15) is 9.59 Å². The van der Waals surface area contributed by atoms with Gasteiger partial charge in [0.05, 0.1) is 26.2 Å². The Morgan fingerprint density at radius 1 is 1.33 bits per heavy atom. The number of rotatable bonds is 8. The molecule has 2 atom stereocenters. The monoisotopic (exact) mass is 300 g/mol. The molecule has 2 N–H and O–H groups in total. The number of hydrogen-bond acceptors (Lipinski definition) is 4. The van der Waals surface area contributed by atoms with Crippen LogP contribution in [0.1, 0.15) is 40.0 Å². The first-order chi connectivity index (χ1) is 9.88. The highest BCUT2D eigenvalue weighted by atomic mass is 16.5. The van der Waals surface area contributed by atoms with Crippen molar-refractivity contribution in [2.45, 2.75) is 52.1 Å². The van der Waals surface area contributed by atoms with Gasteiger partial charge in [-0.1, -0.05) is 13.8 Å². The quantitative estimate of drug-likeness (QED) is 0.702. The van der Waals surface area contributed by atoms with E-state index in [4.69, 9.17) is 9.84 Å².